The lowest BCUT2D eigenvalue weighted by atomic mass is 10.1. The summed E-state index contributed by atoms with van der Waals surface area (Å²) in [7, 11) is 0. The van der Waals surface area contributed by atoms with Gasteiger partial charge in [0, 0.05) is 23.8 Å². The van der Waals surface area contributed by atoms with Gasteiger partial charge in [-0.05, 0) is 59.7 Å². The van der Waals surface area contributed by atoms with Crippen LogP contribution in [0.1, 0.15) is 11.1 Å². The minimum Gasteiger partial charge on any atom is -0.460 e. The zero-order valence-corrected chi connectivity index (χ0v) is 22.4. The summed E-state index contributed by atoms with van der Waals surface area (Å²) in [5.74, 6) is -1.21. The van der Waals surface area contributed by atoms with Gasteiger partial charge < -0.3 is 30.7 Å². The van der Waals surface area contributed by atoms with Gasteiger partial charge in [0.05, 0.1) is 11.4 Å². The molecular formula is C30H28N6O6. The second-order valence-electron chi connectivity index (χ2n) is 8.77. The number of amides is 4. The molecule has 0 bridgehead atoms. The molecule has 0 unspecified atom stereocenters. The van der Waals surface area contributed by atoms with Gasteiger partial charge >= 0.3 is 24.0 Å². The number of para-hydroxylation sites is 2. The Balaban J connectivity index is 1.21. The van der Waals surface area contributed by atoms with Crippen molar-refractivity contribution in [3.05, 3.63) is 108 Å². The Bertz CT molecular complexity index is 1400. The van der Waals surface area contributed by atoms with Crippen LogP contribution in [-0.2, 0) is 32.3 Å². The highest BCUT2D eigenvalue weighted by Gasteiger charge is 2.11. The molecule has 12 heteroatoms. The molecule has 0 fully saturated rings. The van der Waals surface area contributed by atoms with E-state index in [2.05, 4.69) is 31.2 Å². The van der Waals surface area contributed by atoms with Crippen LogP contribution in [0.4, 0.5) is 21.0 Å². The number of hydrogen-bond acceptors (Lipinski definition) is 8. The first kappa shape index (κ1) is 29.2. The summed E-state index contributed by atoms with van der Waals surface area (Å²) in [4.78, 5) is 56.7. The predicted molar refractivity (Wildman–Crippen MR) is 154 cm³/mol. The molecule has 214 valence electrons. The van der Waals surface area contributed by atoms with E-state index >= 15 is 0 Å². The predicted octanol–water partition coefficient (Wildman–Crippen LogP) is 3.87. The van der Waals surface area contributed by atoms with Crippen molar-refractivity contribution in [2.24, 2.45) is 0 Å². The Kier molecular flexibility index (Phi) is 10.5. The van der Waals surface area contributed by atoms with Crippen LogP contribution in [0.2, 0.25) is 0 Å². The fourth-order valence-corrected chi connectivity index (χ4v) is 3.54. The molecule has 12 nitrogen and oxygen atoms in total. The molecule has 4 amide bonds. The van der Waals surface area contributed by atoms with Crippen molar-refractivity contribution >= 4 is 35.4 Å². The number of ether oxygens (including phenoxy) is 2. The van der Waals surface area contributed by atoms with Gasteiger partial charge in [-0.3, -0.25) is 19.6 Å². The van der Waals surface area contributed by atoms with Crippen LogP contribution >= 0.6 is 0 Å². The molecule has 2 aromatic heterocycles. The third-order valence-corrected chi connectivity index (χ3v) is 5.56. The smallest absolute Gasteiger partial charge is 0.325 e. The molecule has 0 saturated heterocycles. The number of benzene rings is 2. The maximum atomic E-state index is 12.1. The minimum atomic E-state index is -0.606. The summed E-state index contributed by atoms with van der Waals surface area (Å²) in [5, 5.41) is 10.1. The van der Waals surface area contributed by atoms with E-state index in [9.17, 15) is 19.2 Å². The Labute approximate surface area is 241 Å². The number of aromatic nitrogens is 2. The lowest BCUT2D eigenvalue weighted by Gasteiger charge is -2.10. The zero-order valence-electron chi connectivity index (χ0n) is 22.4. The van der Waals surface area contributed by atoms with Crippen LogP contribution in [-0.4, -0.2) is 47.1 Å². The van der Waals surface area contributed by atoms with Gasteiger partial charge in [0.2, 0.25) is 0 Å². The van der Waals surface area contributed by atoms with Gasteiger partial charge in [0.1, 0.15) is 26.3 Å². The summed E-state index contributed by atoms with van der Waals surface area (Å²) in [6.07, 6.45) is 3.12. The topological polar surface area (TPSA) is 161 Å². The van der Waals surface area contributed by atoms with E-state index in [1.165, 1.54) is 0 Å². The molecule has 0 atom stereocenters. The first-order valence-electron chi connectivity index (χ1n) is 12.9. The average Bonchev–Trinajstić information content (AvgIpc) is 3.02. The van der Waals surface area contributed by atoms with Crippen LogP contribution in [0.15, 0.2) is 97.3 Å². The number of carbonyl (C=O) groups is 4. The first-order valence-corrected chi connectivity index (χ1v) is 12.9. The lowest BCUT2D eigenvalue weighted by Crippen LogP contribution is -2.34. The van der Waals surface area contributed by atoms with Crippen molar-refractivity contribution in [2.75, 3.05) is 23.7 Å². The van der Waals surface area contributed by atoms with Gasteiger partial charge in [0.25, 0.3) is 0 Å². The van der Waals surface area contributed by atoms with Crippen LogP contribution in [0, 0.1) is 0 Å². The number of rotatable bonds is 11. The summed E-state index contributed by atoms with van der Waals surface area (Å²) < 4.78 is 10.5. The van der Waals surface area contributed by atoms with E-state index in [1.54, 1.807) is 85.2 Å². The van der Waals surface area contributed by atoms with Crippen molar-refractivity contribution in [2.45, 2.75) is 13.2 Å². The minimum absolute atomic E-state index is 0.0293. The molecule has 0 aliphatic carbocycles. The Hall–Kier alpha value is -5.78. The Morgan fingerprint density at radius 1 is 0.571 bits per heavy atom. The van der Waals surface area contributed by atoms with Crippen molar-refractivity contribution in [1.82, 2.24) is 20.6 Å². The maximum Gasteiger partial charge on any atom is 0.325 e. The summed E-state index contributed by atoms with van der Waals surface area (Å²) in [6.45, 7) is -0.657. The molecular weight excluding hydrogens is 540 g/mol. The summed E-state index contributed by atoms with van der Waals surface area (Å²) in [5.41, 5.74) is 3.59. The van der Waals surface area contributed by atoms with Crippen molar-refractivity contribution in [3.8, 4) is 11.4 Å². The van der Waals surface area contributed by atoms with Gasteiger partial charge in [-0.15, -0.1) is 0 Å². The van der Waals surface area contributed by atoms with Crippen LogP contribution in [0.3, 0.4) is 0 Å². The average molecular weight is 569 g/mol. The molecule has 4 N–H and O–H groups in total. The zero-order chi connectivity index (χ0) is 29.6. The fourth-order valence-electron chi connectivity index (χ4n) is 3.54. The highest BCUT2D eigenvalue weighted by molar-refractivity contribution is 5.92. The number of hydrogen-bond donors (Lipinski definition) is 4. The Morgan fingerprint density at radius 3 is 1.38 bits per heavy atom. The third-order valence-electron chi connectivity index (χ3n) is 5.56. The molecule has 0 spiro atoms. The van der Waals surface area contributed by atoms with Crippen LogP contribution in [0.25, 0.3) is 11.4 Å². The van der Waals surface area contributed by atoms with Gasteiger partial charge in [-0.1, -0.05) is 36.4 Å². The molecule has 2 aromatic carbocycles. The first-order chi connectivity index (χ1) is 20.4. The molecule has 0 saturated carbocycles. The highest BCUT2D eigenvalue weighted by Crippen LogP contribution is 2.18. The van der Waals surface area contributed by atoms with E-state index in [0.717, 1.165) is 0 Å². The van der Waals surface area contributed by atoms with Crippen molar-refractivity contribution < 1.29 is 28.7 Å². The largest absolute Gasteiger partial charge is 0.460 e. The molecule has 4 aromatic rings. The van der Waals surface area contributed by atoms with E-state index < -0.39 is 24.0 Å². The number of carbonyl (C=O) groups excluding carboxylic acids is 4. The van der Waals surface area contributed by atoms with Gasteiger partial charge in [0.15, 0.2) is 0 Å². The standard InChI is InChI=1S/C30H28N6O6/c37-27(17-33-29(39)35-23-7-3-1-4-8-23)41-19-21-11-13-31-25(15-21)26-16-22(12-14-32-26)20-42-28(38)18-34-30(40)36-24-9-5-2-6-10-24/h1-16H,17-20H2,(H2,33,35,39)(H2,34,36,40). The number of esters is 2. The lowest BCUT2D eigenvalue weighted by molar-refractivity contribution is -0.144. The third kappa shape index (κ3) is 9.75. The van der Waals surface area contributed by atoms with Crippen molar-refractivity contribution in [1.29, 1.82) is 0 Å². The second-order valence-corrected chi connectivity index (χ2v) is 8.77. The van der Waals surface area contributed by atoms with Crippen molar-refractivity contribution in [3.63, 3.8) is 0 Å². The number of urea groups is 2. The summed E-state index contributed by atoms with van der Waals surface area (Å²) >= 11 is 0. The highest BCUT2D eigenvalue weighted by atomic mass is 16.5. The number of anilines is 2. The van der Waals surface area contributed by atoms with Gasteiger partial charge in [-0.2, -0.15) is 0 Å². The maximum absolute atomic E-state index is 12.1. The van der Waals surface area contributed by atoms with Crippen LogP contribution < -0.4 is 21.3 Å². The van der Waals surface area contributed by atoms with E-state index in [1.807, 2.05) is 12.1 Å². The molecule has 4 rings (SSSR count). The fraction of sp³-hybridized carbons (Fsp3) is 0.133. The number of nitrogens with zero attached hydrogens (tertiary/aromatic N) is 2. The van der Waals surface area contributed by atoms with Gasteiger partial charge in [-0.25, -0.2) is 9.59 Å². The Morgan fingerprint density at radius 2 is 0.976 bits per heavy atom. The molecule has 0 aliphatic rings. The SMILES string of the molecule is O=C(NCC(=O)OCc1ccnc(-c2cc(COC(=O)CNC(=O)Nc3ccccc3)ccn2)c1)Nc1ccccc1. The monoisotopic (exact) mass is 568 g/mol. The summed E-state index contributed by atoms with van der Waals surface area (Å²) in [6, 6.07) is 23.5. The quantitative estimate of drug-likeness (QED) is 0.198. The number of pyridine rings is 2. The number of nitrogens with one attached hydrogen (secondary N) is 4. The van der Waals surface area contributed by atoms with Crippen LogP contribution in [0.5, 0.6) is 0 Å². The molecule has 42 heavy (non-hydrogen) atoms. The van der Waals surface area contributed by atoms with E-state index in [-0.39, 0.29) is 26.3 Å². The second kappa shape index (κ2) is 15.1. The molecule has 0 aliphatic heterocycles. The molecule has 2 heterocycles. The van der Waals surface area contributed by atoms with E-state index in [0.29, 0.717) is 33.9 Å². The van der Waals surface area contributed by atoms with E-state index in [4.69, 9.17) is 9.47 Å². The normalized spacial score (nSPS) is 10.2. The molecule has 0 radical (unpaired) electrons.